The second-order valence-electron chi connectivity index (χ2n) is 4.31. The highest BCUT2D eigenvalue weighted by Gasteiger charge is 2.19. The fraction of sp³-hybridized carbons (Fsp3) is 0. The van der Waals surface area contributed by atoms with Crippen molar-refractivity contribution in [3.63, 3.8) is 0 Å². The summed E-state index contributed by atoms with van der Waals surface area (Å²) in [5.41, 5.74) is 8.76. The Labute approximate surface area is 112 Å². The van der Waals surface area contributed by atoms with E-state index in [0.717, 1.165) is 16.9 Å². The zero-order valence-electron chi connectivity index (χ0n) is 10.5. The number of aromatic nitrogens is 2. The summed E-state index contributed by atoms with van der Waals surface area (Å²) >= 11 is 0. The summed E-state index contributed by atoms with van der Waals surface area (Å²) in [6, 6.07) is 20.1. The minimum Gasteiger partial charge on any atom is -0.399 e. The van der Waals surface area contributed by atoms with Crippen LogP contribution in [0.3, 0.4) is 0 Å². The molecule has 0 bridgehead atoms. The SMILES string of the molecule is Nc1ccc(-c2cccc[n+]2-[n+]2ccccc2)cc1. The van der Waals surface area contributed by atoms with Crippen molar-refractivity contribution in [2.24, 2.45) is 0 Å². The molecule has 0 atom stereocenters. The number of rotatable bonds is 2. The van der Waals surface area contributed by atoms with E-state index in [9.17, 15) is 0 Å². The normalized spacial score (nSPS) is 10.3. The molecule has 0 spiro atoms. The lowest BCUT2D eigenvalue weighted by atomic mass is 10.1. The topological polar surface area (TPSA) is 33.8 Å². The molecule has 0 aliphatic heterocycles. The third-order valence-electron chi connectivity index (χ3n) is 2.99. The van der Waals surface area contributed by atoms with Crippen molar-refractivity contribution in [1.82, 2.24) is 0 Å². The van der Waals surface area contributed by atoms with E-state index in [2.05, 4.69) is 10.7 Å². The third-order valence-corrected chi connectivity index (χ3v) is 2.99. The van der Waals surface area contributed by atoms with Gasteiger partial charge in [0.2, 0.25) is 18.6 Å². The molecule has 3 heteroatoms. The van der Waals surface area contributed by atoms with Crippen molar-refractivity contribution in [3.05, 3.63) is 79.3 Å². The van der Waals surface area contributed by atoms with E-state index in [1.54, 1.807) is 0 Å². The van der Waals surface area contributed by atoms with E-state index in [0.29, 0.717) is 0 Å². The summed E-state index contributed by atoms with van der Waals surface area (Å²) in [5, 5.41) is 0. The van der Waals surface area contributed by atoms with Gasteiger partial charge < -0.3 is 5.73 Å². The molecule has 0 aliphatic carbocycles. The highest BCUT2D eigenvalue weighted by molar-refractivity contribution is 5.59. The molecular formula is C16H15N3+2. The molecule has 0 saturated heterocycles. The van der Waals surface area contributed by atoms with E-state index in [-0.39, 0.29) is 0 Å². The molecule has 2 heterocycles. The molecule has 19 heavy (non-hydrogen) atoms. The maximum absolute atomic E-state index is 5.74. The number of nitrogens with zero attached hydrogens (tertiary/aromatic N) is 2. The molecule has 2 N–H and O–H groups in total. The monoisotopic (exact) mass is 249 g/mol. The molecule has 3 rings (SSSR count). The first-order valence-electron chi connectivity index (χ1n) is 6.18. The van der Waals surface area contributed by atoms with E-state index in [1.165, 1.54) is 0 Å². The van der Waals surface area contributed by atoms with Gasteiger partial charge in [-0.05, 0) is 36.4 Å². The summed E-state index contributed by atoms with van der Waals surface area (Å²) in [6.07, 6.45) is 6.06. The van der Waals surface area contributed by atoms with Gasteiger partial charge in [0, 0.05) is 30.0 Å². The van der Waals surface area contributed by atoms with Gasteiger partial charge in [0.1, 0.15) is 0 Å². The molecule has 0 radical (unpaired) electrons. The minimum absolute atomic E-state index is 0.776. The maximum atomic E-state index is 5.74. The van der Waals surface area contributed by atoms with Crippen molar-refractivity contribution in [1.29, 1.82) is 0 Å². The number of hydrogen-bond donors (Lipinski definition) is 1. The van der Waals surface area contributed by atoms with Crippen molar-refractivity contribution in [2.75, 3.05) is 5.73 Å². The van der Waals surface area contributed by atoms with Crippen LogP contribution in [0.2, 0.25) is 0 Å². The van der Waals surface area contributed by atoms with Crippen LogP contribution in [0.4, 0.5) is 5.69 Å². The van der Waals surface area contributed by atoms with Gasteiger partial charge in [-0.25, -0.2) is 0 Å². The van der Waals surface area contributed by atoms with Crippen molar-refractivity contribution < 1.29 is 9.35 Å². The van der Waals surface area contributed by atoms with Crippen LogP contribution in [0.25, 0.3) is 11.3 Å². The molecular weight excluding hydrogens is 234 g/mol. The first kappa shape index (κ1) is 11.4. The van der Waals surface area contributed by atoms with Crippen LogP contribution in [0.1, 0.15) is 0 Å². The number of anilines is 1. The number of hydrogen-bond acceptors (Lipinski definition) is 1. The maximum Gasteiger partial charge on any atom is 0.284 e. The smallest absolute Gasteiger partial charge is 0.284 e. The zero-order chi connectivity index (χ0) is 13.1. The second kappa shape index (κ2) is 4.90. The number of nitrogen functional groups attached to an aromatic ring is 1. The van der Waals surface area contributed by atoms with Crippen molar-refractivity contribution in [2.45, 2.75) is 0 Å². The minimum atomic E-state index is 0.776. The largest absolute Gasteiger partial charge is 0.399 e. The van der Waals surface area contributed by atoms with Gasteiger partial charge in [0.25, 0.3) is 5.69 Å². The summed E-state index contributed by atoms with van der Waals surface area (Å²) < 4.78 is 4.12. The Balaban J connectivity index is 2.15. The quantitative estimate of drug-likeness (QED) is 0.545. The van der Waals surface area contributed by atoms with E-state index in [1.807, 2.05) is 77.9 Å². The van der Waals surface area contributed by atoms with Crippen LogP contribution < -0.4 is 15.1 Å². The molecule has 0 fully saturated rings. The summed E-state index contributed by atoms with van der Waals surface area (Å²) in [4.78, 5) is 0. The Hall–Kier alpha value is -2.68. The molecule has 1 aromatic carbocycles. The fourth-order valence-corrected chi connectivity index (χ4v) is 2.05. The lowest BCUT2D eigenvalue weighted by Gasteiger charge is -1.98. The predicted molar refractivity (Wildman–Crippen MR) is 73.9 cm³/mol. The van der Waals surface area contributed by atoms with Crippen LogP contribution in [-0.4, -0.2) is 0 Å². The molecule has 0 saturated carbocycles. The zero-order valence-corrected chi connectivity index (χ0v) is 10.5. The lowest BCUT2D eigenvalue weighted by molar-refractivity contribution is -1.29. The first-order valence-corrected chi connectivity index (χ1v) is 6.18. The van der Waals surface area contributed by atoms with E-state index in [4.69, 9.17) is 5.73 Å². The van der Waals surface area contributed by atoms with Gasteiger partial charge in [-0.1, -0.05) is 0 Å². The van der Waals surface area contributed by atoms with Crippen LogP contribution in [0.5, 0.6) is 0 Å². The van der Waals surface area contributed by atoms with E-state index >= 15 is 0 Å². The highest BCUT2D eigenvalue weighted by atomic mass is 15.4. The number of pyridine rings is 2. The molecule has 92 valence electrons. The summed E-state index contributed by atoms with van der Waals surface area (Å²) in [7, 11) is 0. The highest BCUT2D eigenvalue weighted by Crippen LogP contribution is 2.16. The van der Waals surface area contributed by atoms with Crippen LogP contribution in [0, 0.1) is 0 Å². The lowest BCUT2D eigenvalue weighted by Crippen LogP contribution is -2.66. The Morgan fingerprint density at radius 3 is 2.11 bits per heavy atom. The average molecular weight is 249 g/mol. The van der Waals surface area contributed by atoms with Crippen LogP contribution in [-0.2, 0) is 0 Å². The fourth-order valence-electron chi connectivity index (χ4n) is 2.05. The number of nitrogens with two attached hydrogens (primary N) is 1. The first-order chi connectivity index (χ1) is 9.34. The van der Waals surface area contributed by atoms with Gasteiger partial charge in [0.15, 0.2) is 0 Å². The van der Waals surface area contributed by atoms with Gasteiger partial charge in [-0.2, -0.15) is 0 Å². The van der Waals surface area contributed by atoms with Gasteiger partial charge >= 0.3 is 0 Å². The Kier molecular flexibility index (Phi) is 2.94. The predicted octanol–water partition coefficient (Wildman–Crippen LogP) is 1.82. The van der Waals surface area contributed by atoms with Crippen LogP contribution in [0.15, 0.2) is 79.3 Å². The molecule has 2 aromatic heterocycles. The Morgan fingerprint density at radius 1 is 0.684 bits per heavy atom. The van der Waals surface area contributed by atoms with Crippen LogP contribution >= 0.6 is 0 Å². The molecule has 3 aromatic rings. The van der Waals surface area contributed by atoms with Gasteiger partial charge in [-0.15, -0.1) is 0 Å². The Morgan fingerprint density at radius 2 is 1.37 bits per heavy atom. The van der Waals surface area contributed by atoms with Gasteiger partial charge in [0.05, 0.1) is 14.9 Å². The molecule has 0 aliphatic rings. The summed E-state index contributed by atoms with van der Waals surface area (Å²) in [5.74, 6) is 0. The average Bonchev–Trinajstić information content (AvgIpc) is 2.49. The molecule has 0 amide bonds. The second-order valence-corrected chi connectivity index (χ2v) is 4.31. The third kappa shape index (κ3) is 2.31. The van der Waals surface area contributed by atoms with Crippen molar-refractivity contribution >= 4 is 5.69 Å². The number of benzene rings is 1. The summed E-state index contributed by atoms with van der Waals surface area (Å²) in [6.45, 7) is 0. The van der Waals surface area contributed by atoms with Crippen molar-refractivity contribution in [3.8, 4) is 11.3 Å². The Bertz CT molecular complexity index is 676. The van der Waals surface area contributed by atoms with E-state index < -0.39 is 0 Å². The standard InChI is InChI=1S/C16H15N3/c17-15-9-7-14(8-10-15)16-6-2-5-13-19(16)18-11-3-1-4-12-18/h1-13H,17H2/q+2. The molecule has 0 unspecified atom stereocenters. The molecule has 3 nitrogen and oxygen atoms in total. The van der Waals surface area contributed by atoms with Gasteiger partial charge in [-0.3, -0.25) is 0 Å².